The largest absolute Gasteiger partial charge is 0.478 e. The molecule has 0 saturated heterocycles. The highest BCUT2D eigenvalue weighted by molar-refractivity contribution is 9.10. The molecular weight excluding hydrogens is 318 g/mol. The average molecular weight is 334 g/mol. The fourth-order valence-electron chi connectivity index (χ4n) is 3.02. The minimum absolute atomic E-state index is 0.444. The van der Waals surface area contributed by atoms with Crippen molar-refractivity contribution in [2.24, 2.45) is 0 Å². The first kappa shape index (κ1) is 13.6. The third-order valence-corrected chi connectivity index (χ3v) is 4.61. The molecule has 0 saturated carbocycles. The second-order valence-electron chi connectivity index (χ2n) is 5.27. The molecular formula is C16H16BrNO2. The maximum absolute atomic E-state index is 11.8. The number of aromatic nitrogens is 1. The highest BCUT2D eigenvalue weighted by Gasteiger charge is 2.22. The van der Waals surface area contributed by atoms with E-state index in [4.69, 9.17) is 4.98 Å². The molecule has 1 aromatic heterocycles. The normalized spacial score (nSPS) is 15.4. The van der Waals surface area contributed by atoms with Crippen LogP contribution in [0.5, 0.6) is 0 Å². The van der Waals surface area contributed by atoms with Crippen LogP contribution in [0, 0.1) is 0 Å². The molecule has 0 amide bonds. The van der Waals surface area contributed by atoms with E-state index in [1.165, 1.54) is 12.8 Å². The second kappa shape index (κ2) is 5.52. The van der Waals surface area contributed by atoms with E-state index in [2.05, 4.69) is 15.9 Å². The molecule has 0 unspecified atom stereocenters. The Labute approximate surface area is 126 Å². The monoisotopic (exact) mass is 333 g/mol. The minimum atomic E-state index is -0.846. The van der Waals surface area contributed by atoms with Crippen molar-refractivity contribution in [1.29, 1.82) is 0 Å². The number of carbonyl (C=O) groups is 1. The van der Waals surface area contributed by atoms with Crippen LogP contribution in [0.25, 0.3) is 10.9 Å². The van der Waals surface area contributed by atoms with Crippen molar-refractivity contribution in [2.75, 3.05) is 0 Å². The van der Waals surface area contributed by atoms with E-state index in [0.29, 0.717) is 5.56 Å². The Morgan fingerprint density at radius 3 is 2.65 bits per heavy atom. The van der Waals surface area contributed by atoms with Gasteiger partial charge in [0.2, 0.25) is 0 Å². The van der Waals surface area contributed by atoms with Crippen LogP contribution < -0.4 is 0 Å². The van der Waals surface area contributed by atoms with Gasteiger partial charge in [-0.3, -0.25) is 4.98 Å². The molecule has 1 N–H and O–H groups in total. The van der Waals surface area contributed by atoms with E-state index in [1.807, 2.05) is 18.2 Å². The van der Waals surface area contributed by atoms with Crippen molar-refractivity contribution in [3.63, 3.8) is 0 Å². The molecule has 2 aromatic rings. The summed E-state index contributed by atoms with van der Waals surface area (Å²) in [5, 5.41) is 10.4. The van der Waals surface area contributed by atoms with Crippen molar-refractivity contribution in [3.8, 4) is 0 Å². The molecule has 0 spiro atoms. The van der Waals surface area contributed by atoms with Crippen LogP contribution in [0.1, 0.15) is 47.3 Å². The van der Waals surface area contributed by atoms with Crippen LogP contribution in [0.4, 0.5) is 0 Å². The third-order valence-electron chi connectivity index (χ3n) is 3.95. The quantitative estimate of drug-likeness (QED) is 0.843. The van der Waals surface area contributed by atoms with Gasteiger partial charge in [-0.2, -0.15) is 0 Å². The molecule has 1 aliphatic carbocycles. The predicted molar refractivity (Wildman–Crippen MR) is 82.3 cm³/mol. The Hall–Kier alpha value is -1.42. The molecule has 0 fully saturated rings. The zero-order valence-corrected chi connectivity index (χ0v) is 12.7. The summed E-state index contributed by atoms with van der Waals surface area (Å²) >= 11 is 3.48. The first-order chi connectivity index (χ1) is 9.68. The smallest absolute Gasteiger partial charge is 0.336 e. The number of carboxylic acid groups (broad SMARTS) is 1. The number of aromatic carboxylic acids is 1. The lowest BCUT2D eigenvalue weighted by Gasteiger charge is -2.17. The Morgan fingerprint density at radius 1 is 1.15 bits per heavy atom. The zero-order chi connectivity index (χ0) is 14.1. The Balaban J connectivity index is 2.35. The van der Waals surface area contributed by atoms with Gasteiger partial charge in [0.25, 0.3) is 0 Å². The van der Waals surface area contributed by atoms with E-state index in [1.54, 1.807) is 0 Å². The van der Waals surface area contributed by atoms with Crippen LogP contribution in [0.3, 0.4) is 0 Å². The highest BCUT2D eigenvalue weighted by Crippen LogP contribution is 2.32. The van der Waals surface area contributed by atoms with Crippen molar-refractivity contribution in [2.45, 2.75) is 38.5 Å². The number of pyridine rings is 1. The Morgan fingerprint density at radius 2 is 1.90 bits per heavy atom. The number of carboxylic acids is 1. The highest BCUT2D eigenvalue weighted by atomic mass is 79.9. The molecule has 0 atom stereocenters. The zero-order valence-electron chi connectivity index (χ0n) is 11.2. The topological polar surface area (TPSA) is 50.2 Å². The number of benzene rings is 1. The molecule has 0 bridgehead atoms. The molecule has 3 rings (SSSR count). The van der Waals surface area contributed by atoms with Gasteiger partial charge in [-0.25, -0.2) is 4.79 Å². The maximum Gasteiger partial charge on any atom is 0.336 e. The lowest BCUT2D eigenvalue weighted by atomic mass is 9.91. The molecule has 0 radical (unpaired) electrons. The first-order valence-corrected chi connectivity index (χ1v) is 7.81. The summed E-state index contributed by atoms with van der Waals surface area (Å²) in [6.07, 6.45) is 6.23. The van der Waals surface area contributed by atoms with Gasteiger partial charge in [0.05, 0.1) is 11.1 Å². The molecule has 104 valence electrons. The van der Waals surface area contributed by atoms with Crippen LogP contribution in [0.15, 0.2) is 22.7 Å². The number of fused-ring (bicyclic) bond motifs is 2. The lowest BCUT2D eigenvalue weighted by molar-refractivity contribution is 0.0697. The third kappa shape index (κ3) is 2.33. The lowest BCUT2D eigenvalue weighted by Crippen LogP contribution is -2.11. The molecule has 20 heavy (non-hydrogen) atoms. The summed E-state index contributed by atoms with van der Waals surface area (Å²) in [7, 11) is 0. The van der Waals surface area contributed by atoms with E-state index in [-0.39, 0.29) is 0 Å². The van der Waals surface area contributed by atoms with Gasteiger partial charge >= 0.3 is 5.97 Å². The standard InChI is InChI=1S/C16H16BrNO2/c17-11-7-5-9-13-15(11)14(16(19)20)10-6-3-1-2-4-8-12(10)18-13/h5,7,9H,1-4,6,8H2,(H,19,20). The van der Waals surface area contributed by atoms with Crippen LogP contribution >= 0.6 is 15.9 Å². The number of nitrogens with zero attached hydrogens (tertiary/aromatic N) is 1. The SMILES string of the molecule is O=C(O)c1c2c(nc3cccc(Br)c13)CCCCCC2. The number of hydrogen-bond acceptors (Lipinski definition) is 2. The summed E-state index contributed by atoms with van der Waals surface area (Å²) < 4.78 is 0.810. The van der Waals surface area contributed by atoms with Gasteiger partial charge in [0.1, 0.15) is 0 Å². The summed E-state index contributed by atoms with van der Waals surface area (Å²) in [5.74, 6) is -0.846. The number of rotatable bonds is 1. The van der Waals surface area contributed by atoms with Crippen LogP contribution in [-0.4, -0.2) is 16.1 Å². The second-order valence-corrected chi connectivity index (χ2v) is 6.12. The van der Waals surface area contributed by atoms with Gasteiger partial charge in [0, 0.05) is 15.6 Å². The van der Waals surface area contributed by atoms with Crippen LogP contribution in [-0.2, 0) is 12.8 Å². The molecule has 0 aliphatic heterocycles. The van der Waals surface area contributed by atoms with Crippen molar-refractivity contribution >= 4 is 32.8 Å². The Kier molecular flexibility index (Phi) is 3.74. The number of aryl methyl sites for hydroxylation is 1. The minimum Gasteiger partial charge on any atom is -0.478 e. The average Bonchev–Trinajstić information content (AvgIpc) is 2.38. The Bertz CT molecular complexity index is 682. The maximum atomic E-state index is 11.8. The predicted octanol–water partition coefficient (Wildman–Crippen LogP) is 4.35. The van der Waals surface area contributed by atoms with E-state index >= 15 is 0 Å². The van der Waals surface area contributed by atoms with Crippen molar-refractivity contribution < 1.29 is 9.90 Å². The summed E-state index contributed by atoms with van der Waals surface area (Å²) in [6.45, 7) is 0. The van der Waals surface area contributed by atoms with E-state index in [9.17, 15) is 9.90 Å². The fourth-order valence-corrected chi connectivity index (χ4v) is 3.58. The number of hydrogen-bond donors (Lipinski definition) is 1. The summed E-state index contributed by atoms with van der Waals surface area (Å²) in [4.78, 5) is 16.5. The first-order valence-electron chi connectivity index (χ1n) is 7.02. The van der Waals surface area contributed by atoms with Gasteiger partial charge in [-0.1, -0.05) is 34.8 Å². The number of halogens is 1. The molecule has 1 aliphatic rings. The molecule has 4 heteroatoms. The fraction of sp³-hybridized carbons (Fsp3) is 0.375. The van der Waals surface area contributed by atoms with Crippen LogP contribution in [0.2, 0.25) is 0 Å². The van der Waals surface area contributed by atoms with Gasteiger partial charge in [0.15, 0.2) is 0 Å². The summed E-state index contributed by atoms with van der Waals surface area (Å²) in [5.41, 5.74) is 3.14. The van der Waals surface area contributed by atoms with Gasteiger partial charge in [-0.05, 0) is 43.4 Å². The van der Waals surface area contributed by atoms with Gasteiger partial charge in [-0.15, -0.1) is 0 Å². The molecule has 1 heterocycles. The van der Waals surface area contributed by atoms with E-state index in [0.717, 1.165) is 52.3 Å². The van der Waals surface area contributed by atoms with Crippen molar-refractivity contribution in [1.82, 2.24) is 4.98 Å². The molecule has 3 nitrogen and oxygen atoms in total. The van der Waals surface area contributed by atoms with E-state index < -0.39 is 5.97 Å². The molecule has 1 aromatic carbocycles. The van der Waals surface area contributed by atoms with Gasteiger partial charge < -0.3 is 5.11 Å². The summed E-state index contributed by atoms with van der Waals surface area (Å²) in [6, 6.07) is 5.68. The van der Waals surface area contributed by atoms with Crippen molar-refractivity contribution in [3.05, 3.63) is 39.5 Å².